The fourth-order valence-electron chi connectivity index (χ4n) is 4.48. The van der Waals surface area contributed by atoms with Gasteiger partial charge in [-0.05, 0) is 78.9 Å². The van der Waals surface area contributed by atoms with Crippen molar-refractivity contribution >= 4 is 51.7 Å². The lowest BCUT2D eigenvalue weighted by molar-refractivity contribution is 0.0713. The Morgan fingerprint density at radius 3 is 2.38 bits per heavy atom. The summed E-state index contributed by atoms with van der Waals surface area (Å²) in [5.74, 6) is 0.0798. The quantitative estimate of drug-likeness (QED) is 0.359. The van der Waals surface area contributed by atoms with E-state index in [4.69, 9.17) is 23.2 Å². The second-order valence-electron chi connectivity index (χ2n) is 8.40. The van der Waals surface area contributed by atoms with Gasteiger partial charge < -0.3 is 15.2 Å². The number of rotatable bonds is 4. The van der Waals surface area contributed by atoms with E-state index in [0.717, 1.165) is 23.9 Å². The molecule has 0 unspecified atom stereocenters. The van der Waals surface area contributed by atoms with Gasteiger partial charge in [-0.1, -0.05) is 23.2 Å². The van der Waals surface area contributed by atoms with Crippen LogP contribution in [0.4, 0.5) is 5.69 Å². The number of piperidine rings is 1. The molecule has 2 aromatic carbocycles. The van der Waals surface area contributed by atoms with E-state index in [0.29, 0.717) is 45.9 Å². The molecule has 5 rings (SSSR count). The van der Waals surface area contributed by atoms with Crippen LogP contribution in [0.1, 0.15) is 45.0 Å². The molecule has 0 spiro atoms. The first-order chi connectivity index (χ1) is 16.5. The van der Waals surface area contributed by atoms with Crippen LogP contribution in [0.3, 0.4) is 0 Å². The first kappa shape index (κ1) is 22.4. The molecule has 6 nitrogen and oxygen atoms in total. The monoisotopic (exact) mass is 492 g/mol. The highest BCUT2D eigenvalue weighted by Crippen LogP contribution is 2.33. The molecule has 1 aliphatic heterocycles. The third-order valence-corrected chi connectivity index (χ3v) is 6.66. The van der Waals surface area contributed by atoms with Gasteiger partial charge in [-0.2, -0.15) is 0 Å². The molecular formula is C26H22Cl2N4O2. The van der Waals surface area contributed by atoms with Crippen LogP contribution in [0.2, 0.25) is 10.0 Å². The number of nitrogens with one attached hydrogen (secondary N) is 2. The number of likely N-dealkylation sites (tertiary alicyclic amines) is 1. The van der Waals surface area contributed by atoms with E-state index in [1.165, 1.54) is 5.56 Å². The Balaban J connectivity index is 1.20. The molecule has 0 aliphatic carbocycles. The van der Waals surface area contributed by atoms with Crippen molar-refractivity contribution in [3.05, 3.63) is 93.7 Å². The summed E-state index contributed by atoms with van der Waals surface area (Å²) in [6, 6.07) is 15.6. The standard InChI is InChI=1S/C26H22Cl2N4O2/c27-19-12-18(13-20(28)14-19)25(33)31-21-5-3-17(4-6-21)26(34)32-10-7-16(8-11-32)23-15-30-24-22(23)2-1-9-29-24/h1-6,9,12-16H,7-8,10-11H2,(H,29,30)(H,31,33). The number of H-pyrrole nitrogens is 1. The van der Waals surface area contributed by atoms with Gasteiger partial charge in [0.1, 0.15) is 5.65 Å². The highest BCUT2D eigenvalue weighted by molar-refractivity contribution is 6.35. The number of pyridine rings is 1. The zero-order chi connectivity index (χ0) is 23.7. The van der Waals surface area contributed by atoms with Gasteiger partial charge in [0.05, 0.1) is 0 Å². The number of aromatic amines is 1. The third kappa shape index (κ3) is 4.65. The Bertz CT molecular complexity index is 1340. The first-order valence-corrected chi connectivity index (χ1v) is 11.8. The Labute approximate surface area is 206 Å². The Morgan fingerprint density at radius 1 is 0.971 bits per heavy atom. The van der Waals surface area contributed by atoms with Crippen LogP contribution in [0.5, 0.6) is 0 Å². The predicted octanol–water partition coefficient (Wildman–Crippen LogP) is 6.14. The van der Waals surface area contributed by atoms with Crippen LogP contribution in [-0.2, 0) is 0 Å². The average Bonchev–Trinajstić information content (AvgIpc) is 3.28. The molecule has 1 aliphatic rings. The summed E-state index contributed by atoms with van der Waals surface area (Å²) in [5.41, 5.74) is 3.73. The van der Waals surface area contributed by atoms with E-state index in [9.17, 15) is 9.59 Å². The molecule has 1 fully saturated rings. The maximum Gasteiger partial charge on any atom is 0.255 e. The molecule has 8 heteroatoms. The van der Waals surface area contributed by atoms with Gasteiger partial charge in [0.2, 0.25) is 0 Å². The molecule has 34 heavy (non-hydrogen) atoms. The molecule has 2 amide bonds. The number of halogens is 2. The van der Waals surface area contributed by atoms with Crippen molar-refractivity contribution in [3.8, 4) is 0 Å². The molecule has 2 N–H and O–H groups in total. The Hall–Kier alpha value is -3.35. The van der Waals surface area contributed by atoms with Crippen LogP contribution in [0, 0.1) is 0 Å². The van der Waals surface area contributed by atoms with E-state index >= 15 is 0 Å². The highest BCUT2D eigenvalue weighted by atomic mass is 35.5. The van der Waals surface area contributed by atoms with E-state index in [1.807, 2.05) is 17.2 Å². The summed E-state index contributed by atoms with van der Waals surface area (Å²) in [6.07, 6.45) is 5.64. The lowest BCUT2D eigenvalue weighted by Crippen LogP contribution is -2.37. The molecular weight excluding hydrogens is 471 g/mol. The number of hydrogen-bond donors (Lipinski definition) is 2. The summed E-state index contributed by atoms with van der Waals surface area (Å²) in [5, 5.41) is 4.75. The van der Waals surface area contributed by atoms with Crippen molar-refractivity contribution in [1.82, 2.24) is 14.9 Å². The van der Waals surface area contributed by atoms with E-state index in [1.54, 1.807) is 48.7 Å². The molecule has 3 heterocycles. The van der Waals surface area contributed by atoms with Crippen LogP contribution < -0.4 is 5.32 Å². The molecule has 0 bridgehead atoms. The highest BCUT2D eigenvalue weighted by Gasteiger charge is 2.26. The normalized spacial score (nSPS) is 14.4. The fraction of sp³-hybridized carbons (Fsp3) is 0.192. The molecule has 0 saturated carbocycles. The summed E-state index contributed by atoms with van der Waals surface area (Å²) in [4.78, 5) is 35.0. The molecule has 0 radical (unpaired) electrons. The topological polar surface area (TPSA) is 78.1 Å². The number of aromatic nitrogens is 2. The Kier molecular flexibility index (Phi) is 6.26. The second-order valence-corrected chi connectivity index (χ2v) is 9.27. The van der Waals surface area contributed by atoms with Crippen molar-refractivity contribution < 1.29 is 9.59 Å². The lowest BCUT2D eigenvalue weighted by atomic mass is 9.89. The number of fused-ring (bicyclic) bond motifs is 1. The van der Waals surface area contributed by atoms with Gasteiger partial charge >= 0.3 is 0 Å². The first-order valence-electron chi connectivity index (χ1n) is 11.1. The zero-order valence-electron chi connectivity index (χ0n) is 18.2. The zero-order valence-corrected chi connectivity index (χ0v) is 19.7. The van der Waals surface area contributed by atoms with Crippen LogP contribution in [0.25, 0.3) is 11.0 Å². The van der Waals surface area contributed by atoms with Crippen molar-refractivity contribution in [2.75, 3.05) is 18.4 Å². The largest absolute Gasteiger partial charge is 0.346 e. The third-order valence-electron chi connectivity index (χ3n) is 6.22. The number of hydrogen-bond acceptors (Lipinski definition) is 3. The van der Waals surface area contributed by atoms with Crippen LogP contribution in [-0.4, -0.2) is 39.8 Å². The minimum atomic E-state index is -0.321. The van der Waals surface area contributed by atoms with Crippen molar-refractivity contribution in [2.45, 2.75) is 18.8 Å². The fourth-order valence-corrected chi connectivity index (χ4v) is 5.00. The molecule has 4 aromatic rings. The number of nitrogens with zero attached hydrogens (tertiary/aromatic N) is 2. The second kappa shape index (κ2) is 9.49. The molecule has 172 valence electrons. The van der Waals surface area contributed by atoms with E-state index in [-0.39, 0.29) is 11.8 Å². The Morgan fingerprint density at radius 2 is 1.68 bits per heavy atom. The summed E-state index contributed by atoms with van der Waals surface area (Å²) >= 11 is 12.0. The average molecular weight is 493 g/mol. The number of amides is 2. The van der Waals surface area contributed by atoms with Crippen molar-refractivity contribution in [3.63, 3.8) is 0 Å². The van der Waals surface area contributed by atoms with Gasteiger partial charge in [-0.15, -0.1) is 0 Å². The number of anilines is 1. The van der Waals surface area contributed by atoms with Gasteiger partial charge in [0, 0.05) is 57.7 Å². The van der Waals surface area contributed by atoms with Crippen molar-refractivity contribution in [1.29, 1.82) is 0 Å². The summed E-state index contributed by atoms with van der Waals surface area (Å²) in [7, 11) is 0. The van der Waals surface area contributed by atoms with Gasteiger partial charge in [0.15, 0.2) is 0 Å². The molecule has 2 aromatic heterocycles. The molecule has 1 saturated heterocycles. The van der Waals surface area contributed by atoms with Crippen molar-refractivity contribution in [2.24, 2.45) is 0 Å². The minimum Gasteiger partial charge on any atom is -0.346 e. The van der Waals surface area contributed by atoms with Gasteiger partial charge in [-0.25, -0.2) is 4.98 Å². The summed E-state index contributed by atoms with van der Waals surface area (Å²) in [6.45, 7) is 1.40. The van der Waals surface area contributed by atoms with Gasteiger partial charge in [-0.3, -0.25) is 9.59 Å². The molecule has 0 atom stereocenters. The van der Waals surface area contributed by atoms with E-state index < -0.39 is 0 Å². The predicted molar refractivity (Wildman–Crippen MR) is 135 cm³/mol. The van der Waals surface area contributed by atoms with E-state index in [2.05, 4.69) is 21.4 Å². The minimum absolute atomic E-state index is 0.00135. The van der Waals surface area contributed by atoms with Crippen LogP contribution in [0.15, 0.2) is 67.0 Å². The number of carbonyl (C=O) groups excluding carboxylic acids is 2. The lowest BCUT2D eigenvalue weighted by Gasteiger charge is -2.32. The van der Waals surface area contributed by atoms with Crippen LogP contribution >= 0.6 is 23.2 Å². The van der Waals surface area contributed by atoms with Gasteiger partial charge in [0.25, 0.3) is 11.8 Å². The summed E-state index contributed by atoms with van der Waals surface area (Å²) < 4.78 is 0. The smallest absolute Gasteiger partial charge is 0.255 e. The number of benzene rings is 2. The maximum absolute atomic E-state index is 13.0. The maximum atomic E-state index is 13.0. The number of carbonyl (C=O) groups is 2. The SMILES string of the molecule is O=C(Nc1ccc(C(=O)N2CCC(c3c[nH]c4ncccc34)CC2)cc1)c1cc(Cl)cc(Cl)c1.